The van der Waals surface area contributed by atoms with Crippen molar-refractivity contribution in [1.29, 1.82) is 0 Å². The molecule has 1 aliphatic rings. The first-order valence-electron chi connectivity index (χ1n) is 6.51. The summed E-state index contributed by atoms with van der Waals surface area (Å²) < 4.78 is 0. The summed E-state index contributed by atoms with van der Waals surface area (Å²) >= 11 is 8.22. The summed E-state index contributed by atoms with van der Waals surface area (Å²) in [5.41, 5.74) is 3.84. The third-order valence-electron chi connectivity index (χ3n) is 3.58. The van der Waals surface area contributed by atoms with Crippen LogP contribution in [0.25, 0.3) is 0 Å². The van der Waals surface area contributed by atoms with Crippen LogP contribution in [0.15, 0.2) is 29.6 Å². The number of fused-ring (bicyclic) bond motifs is 1. The zero-order chi connectivity index (χ0) is 13.2. The van der Waals surface area contributed by atoms with Crippen LogP contribution in [0.2, 0.25) is 5.02 Å². The molecule has 19 heavy (non-hydrogen) atoms. The monoisotopic (exact) mass is 292 g/mol. The second kappa shape index (κ2) is 5.53. The van der Waals surface area contributed by atoms with Gasteiger partial charge >= 0.3 is 0 Å². The molecule has 4 heteroatoms. The number of nitrogens with zero attached hydrogens (tertiary/aromatic N) is 1. The highest BCUT2D eigenvalue weighted by molar-refractivity contribution is 7.10. The summed E-state index contributed by atoms with van der Waals surface area (Å²) in [7, 11) is 1.94. The summed E-state index contributed by atoms with van der Waals surface area (Å²) in [6.07, 6.45) is 1.14. The molecule has 0 radical (unpaired) electrons. The lowest BCUT2D eigenvalue weighted by atomic mass is 10.1. The predicted octanol–water partition coefficient (Wildman–Crippen LogP) is 3.68. The van der Waals surface area contributed by atoms with Gasteiger partial charge in [-0.1, -0.05) is 17.7 Å². The normalized spacial score (nSPS) is 14.5. The third kappa shape index (κ3) is 2.64. The molecule has 2 heterocycles. The van der Waals surface area contributed by atoms with Gasteiger partial charge in [0.25, 0.3) is 0 Å². The molecule has 2 aromatic rings. The van der Waals surface area contributed by atoms with Gasteiger partial charge in [-0.05, 0) is 48.2 Å². The minimum atomic E-state index is 0.813. The maximum atomic E-state index is 6.34. The van der Waals surface area contributed by atoms with Gasteiger partial charge in [-0.15, -0.1) is 11.3 Å². The molecule has 0 aliphatic carbocycles. The molecular formula is C15H17ClN2S. The fraction of sp³-hybridized carbons (Fsp3) is 0.333. The van der Waals surface area contributed by atoms with E-state index in [-0.39, 0.29) is 0 Å². The van der Waals surface area contributed by atoms with E-state index in [1.165, 1.54) is 16.1 Å². The lowest BCUT2D eigenvalue weighted by Crippen LogP contribution is -2.29. The molecule has 0 spiro atoms. The van der Waals surface area contributed by atoms with Crippen molar-refractivity contribution in [2.75, 3.05) is 18.5 Å². The Hall–Kier alpha value is -1.03. The van der Waals surface area contributed by atoms with E-state index in [2.05, 4.69) is 39.9 Å². The Kier molecular flexibility index (Phi) is 3.78. The smallest absolute Gasteiger partial charge is 0.0471 e. The minimum absolute atomic E-state index is 0.813. The lowest BCUT2D eigenvalue weighted by Gasteiger charge is -2.29. The van der Waals surface area contributed by atoms with Crippen molar-refractivity contribution in [3.05, 3.63) is 50.7 Å². The molecule has 100 valence electrons. The molecule has 1 N–H and O–H groups in total. The first-order chi connectivity index (χ1) is 9.28. The Morgan fingerprint density at radius 3 is 3.05 bits per heavy atom. The average Bonchev–Trinajstić information content (AvgIpc) is 2.88. The van der Waals surface area contributed by atoms with E-state index in [4.69, 9.17) is 11.6 Å². The van der Waals surface area contributed by atoms with Gasteiger partial charge in [-0.3, -0.25) is 0 Å². The third-order valence-corrected chi connectivity index (χ3v) is 4.95. The summed E-state index contributed by atoms with van der Waals surface area (Å²) in [6.45, 7) is 2.89. The maximum absolute atomic E-state index is 6.34. The van der Waals surface area contributed by atoms with Crippen LogP contribution in [-0.2, 0) is 19.5 Å². The average molecular weight is 293 g/mol. The molecule has 0 amide bonds. The molecule has 0 atom stereocenters. The van der Waals surface area contributed by atoms with Crippen molar-refractivity contribution >= 4 is 28.6 Å². The van der Waals surface area contributed by atoms with Crippen LogP contribution in [0, 0.1) is 0 Å². The van der Waals surface area contributed by atoms with Crippen LogP contribution >= 0.6 is 22.9 Å². The highest BCUT2D eigenvalue weighted by atomic mass is 35.5. The minimum Gasteiger partial charge on any atom is -0.367 e. The molecule has 2 nitrogen and oxygen atoms in total. The van der Waals surface area contributed by atoms with Gasteiger partial charge in [0.2, 0.25) is 0 Å². The topological polar surface area (TPSA) is 15.3 Å². The Balaban J connectivity index is 1.82. The van der Waals surface area contributed by atoms with Crippen LogP contribution in [-0.4, -0.2) is 13.6 Å². The van der Waals surface area contributed by atoms with Crippen molar-refractivity contribution in [2.45, 2.75) is 19.5 Å². The number of rotatable bonds is 3. The Bertz CT molecular complexity index is 579. The first-order valence-corrected chi connectivity index (χ1v) is 7.77. The number of anilines is 1. The molecule has 1 aromatic carbocycles. The first kappa shape index (κ1) is 13.0. The van der Waals surface area contributed by atoms with E-state index >= 15 is 0 Å². The van der Waals surface area contributed by atoms with E-state index in [1.807, 2.05) is 18.4 Å². The second-order valence-corrected chi connectivity index (χ2v) is 6.25. The molecule has 0 fully saturated rings. The molecular weight excluding hydrogens is 276 g/mol. The summed E-state index contributed by atoms with van der Waals surface area (Å²) in [4.78, 5) is 3.94. The molecule has 0 unspecified atom stereocenters. The molecule has 1 aliphatic heterocycles. The van der Waals surface area contributed by atoms with Crippen molar-refractivity contribution in [3.63, 3.8) is 0 Å². The van der Waals surface area contributed by atoms with Crippen molar-refractivity contribution < 1.29 is 0 Å². The van der Waals surface area contributed by atoms with E-state index in [0.29, 0.717) is 0 Å². The molecule has 0 saturated heterocycles. The van der Waals surface area contributed by atoms with Gasteiger partial charge < -0.3 is 10.2 Å². The SMILES string of the molecule is CNCc1ccc(N2CCc3sccc3C2)cc1Cl. The number of thiophene rings is 1. The zero-order valence-corrected chi connectivity index (χ0v) is 12.5. The van der Waals surface area contributed by atoms with E-state index in [9.17, 15) is 0 Å². The number of hydrogen-bond acceptors (Lipinski definition) is 3. The van der Waals surface area contributed by atoms with Crippen molar-refractivity contribution in [1.82, 2.24) is 5.32 Å². The van der Waals surface area contributed by atoms with Crippen molar-refractivity contribution in [2.24, 2.45) is 0 Å². The molecule has 1 aromatic heterocycles. The molecule has 0 bridgehead atoms. The molecule has 0 saturated carbocycles. The van der Waals surface area contributed by atoms with E-state index in [0.717, 1.165) is 36.6 Å². The van der Waals surface area contributed by atoms with Gasteiger partial charge in [-0.25, -0.2) is 0 Å². The zero-order valence-electron chi connectivity index (χ0n) is 10.9. The van der Waals surface area contributed by atoms with Gasteiger partial charge in [0.1, 0.15) is 0 Å². The summed E-state index contributed by atoms with van der Waals surface area (Å²) in [5.74, 6) is 0. The largest absolute Gasteiger partial charge is 0.367 e. The predicted molar refractivity (Wildman–Crippen MR) is 83.3 cm³/mol. The van der Waals surface area contributed by atoms with Gasteiger partial charge in [0.05, 0.1) is 0 Å². The quantitative estimate of drug-likeness (QED) is 0.928. The number of nitrogens with one attached hydrogen (secondary N) is 1. The number of benzene rings is 1. The van der Waals surface area contributed by atoms with Crippen LogP contribution < -0.4 is 10.2 Å². The van der Waals surface area contributed by atoms with E-state index < -0.39 is 0 Å². The standard InChI is InChI=1S/C15H17ClN2S/c1-17-9-11-2-3-13(8-14(11)16)18-6-4-15-12(10-18)5-7-19-15/h2-3,5,7-8,17H,4,6,9-10H2,1H3. The fourth-order valence-electron chi connectivity index (χ4n) is 2.54. The van der Waals surface area contributed by atoms with Crippen LogP contribution in [0.1, 0.15) is 16.0 Å². The Labute approximate surface area is 123 Å². The fourth-order valence-corrected chi connectivity index (χ4v) is 3.67. The Morgan fingerprint density at radius 2 is 2.26 bits per heavy atom. The second-order valence-electron chi connectivity index (χ2n) is 4.85. The number of halogens is 1. The van der Waals surface area contributed by atoms with Crippen LogP contribution in [0.5, 0.6) is 0 Å². The lowest BCUT2D eigenvalue weighted by molar-refractivity contribution is 0.743. The highest BCUT2D eigenvalue weighted by Crippen LogP contribution is 2.30. The van der Waals surface area contributed by atoms with Crippen molar-refractivity contribution in [3.8, 4) is 0 Å². The number of hydrogen-bond donors (Lipinski definition) is 1. The highest BCUT2D eigenvalue weighted by Gasteiger charge is 2.17. The van der Waals surface area contributed by atoms with Crippen LogP contribution in [0.3, 0.4) is 0 Å². The van der Waals surface area contributed by atoms with Crippen LogP contribution in [0.4, 0.5) is 5.69 Å². The Morgan fingerprint density at radius 1 is 1.37 bits per heavy atom. The van der Waals surface area contributed by atoms with Gasteiger partial charge in [-0.2, -0.15) is 0 Å². The molecule has 3 rings (SSSR count). The maximum Gasteiger partial charge on any atom is 0.0471 e. The van der Waals surface area contributed by atoms with Gasteiger partial charge in [0, 0.05) is 35.2 Å². The summed E-state index contributed by atoms with van der Waals surface area (Å²) in [5, 5.41) is 6.18. The summed E-state index contributed by atoms with van der Waals surface area (Å²) in [6, 6.07) is 8.63. The van der Waals surface area contributed by atoms with E-state index in [1.54, 1.807) is 0 Å². The van der Waals surface area contributed by atoms with Gasteiger partial charge in [0.15, 0.2) is 0 Å².